The number of rotatable bonds is 6. The molecular weight excluding hydrogens is 252 g/mol. The molecular formula is C16H26N2O2. The summed E-state index contributed by atoms with van der Waals surface area (Å²) in [5.74, 6) is 0.967. The van der Waals surface area contributed by atoms with Crippen LogP contribution in [0.15, 0.2) is 24.3 Å². The normalized spacial score (nSPS) is 21.6. The van der Waals surface area contributed by atoms with E-state index in [-0.39, 0.29) is 0 Å². The van der Waals surface area contributed by atoms with Crippen LogP contribution in [0.3, 0.4) is 0 Å². The first kappa shape index (κ1) is 15.3. The summed E-state index contributed by atoms with van der Waals surface area (Å²) in [6.07, 6.45) is 1.26. The van der Waals surface area contributed by atoms with Crippen LogP contribution in [0.2, 0.25) is 0 Å². The number of hydrogen-bond donors (Lipinski definition) is 1. The summed E-state index contributed by atoms with van der Waals surface area (Å²) in [6.45, 7) is 5.99. The van der Waals surface area contributed by atoms with E-state index < -0.39 is 0 Å². The van der Waals surface area contributed by atoms with Crippen LogP contribution in [0.5, 0.6) is 5.75 Å². The Hall–Kier alpha value is -1.10. The van der Waals surface area contributed by atoms with Crippen LogP contribution in [0.4, 0.5) is 0 Å². The Morgan fingerprint density at radius 2 is 2.25 bits per heavy atom. The second kappa shape index (κ2) is 7.62. The highest BCUT2D eigenvalue weighted by Gasteiger charge is 2.18. The van der Waals surface area contributed by atoms with E-state index in [1.165, 1.54) is 5.56 Å². The number of ether oxygens (including phenoxy) is 2. The largest absolute Gasteiger partial charge is 0.496 e. The van der Waals surface area contributed by atoms with Crippen LogP contribution in [0.1, 0.15) is 12.5 Å². The van der Waals surface area contributed by atoms with Gasteiger partial charge in [0.25, 0.3) is 0 Å². The van der Waals surface area contributed by atoms with E-state index in [2.05, 4.69) is 36.3 Å². The molecule has 0 aliphatic carbocycles. The fraction of sp³-hybridized carbons (Fsp3) is 0.625. The minimum Gasteiger partial charge on any atom is -0.496 e. The number of nitrogens with one attached hydrogen (secondary N) is 1. The van der Waals surface area contributed by atoms with Gasteiger partial charge in [0.1, 0.15) is 5.75 Å². The fourth-order valence-corrected chi connectivity index (χ4v) is 2.60. The lowest BCUT2D eigenvalue weighted by atomic mass is 10.1. The number of nitrogens with zero attached hydrogens (tertiary/aromatic N) is 1. The molecule has 1 fully saturated rings. The van der Waals surface area contributed by atoms with Crippen molar-refractivity contribution in [2.24, 2.45) is 0 Å². The van der Waals surface area contributed by atoms with Crippen LogP contribution in [0, 0.1) is 0 Å². The zero-order valence-electron chi connectivity index (χ0n) is 12.8. The number of benzene rings is 1. The van der Waals surface area contributed by atoms with Crippen LogP contribution in [0.25, 0.3) is 0 Å². The third-order valence-electron chi connectivity index (χ3n) is 3.75. The second-order valence-electron chi connectivity index (χ2n) is 5.58. The highest BCUT2D eigenvalue weighted by Crippen LogP contribution is 2.18. The van der Waals surface area contributed by atoms with Crippen molar-refractivity contribution in [2.75, 3.05) is 40.4 Å². The van der Waals surface area contributed by atoms with Crippen molar-refractivity contribution in [3.8, 4) is 5.75 Å². The Morgan fingerprint density at radius 1 is 1.45 bits per heavy atom. The Kier molecular flexibility index (Phi) is 5.83. The van der Waals surface area contributed by atoms with Crippen molar-refractivity contribution < 1.29 is 9.47 Å². The first-order valence-corrected chi connectivity index (χ1v) is 7.34. The second-order valence-corrected chi connectivity index (χ2v) is 5.58. The number of likely N-dealkylation sites (N-methyl/N-ethyl adjacent to an activating group) is 1. The number of morpholine rings is 1. The average Bonchev–Trinajstić information content (AvgIpc) is 2.46. The maximum absolute atomic E-state index is 5.77. The van der Waals surface area contributed by atoms with Gasteiger partial charge in [0, 0.05) is 25.7 Å². The molecule has 1 N–H and O–H groups in total. The molecule has 2 atom stereocenters. The van der Waals surface area contributed by atoms with Crippen molar-refractivity contribution >= 4 is 0 Å². The molecule has 1 saturated heterocycles. The van der Waals surface area contributed by atoms with Gasteiger partial charge < -0.3 is 19.7 Å². The molecule has 1 aromatic carbocycles. The molecule has 0 aromatic heterocycles. The van der Waals surface area contributed by atoms with E-state index in [1.807, 2.05) is 12.1 Å². The Morgan fingerprint density at radius 3 is 3.00 bits per heavy atom. The number of methoxy groups -OCH3 is 1. The summed E-state index contributed by atoms with van der Waals surface area (Å²) in [7, 11) is 3.87. The molecule has 1 aliphatic rings. The molecule has 2 unspecified atom stereocenters. The molecule has 4 heteroatoms. The molecule has 20 heavy (non-hydrogen) atoms. The monoisotopic (exact) mass is 278 g/mol. The maximum Gasteiger partial charge on any atom is 0.122 e. The molecule has 0 bridgehead atoms. The molecule has 1 heterocycles. The molecule has 0 saturated carbocycles. The van der Waals surface area contributed by atoms with Gasteiger partial charge in [-0.05, 0) is 32.0 Å². The molecule has 1 aliphatic heterocycles. The molecule has 1 aromatic rings. The third kappa shape index (κ3) is 4.47. The van der Waals surface area contributed by atoms with Gasteiger partial charge in [-0.15, -0.1) is 0 Å². The highest BCUT2D eigenvalue weighted by atomic mass is 16.5. The predicted octanol–water partition coefficient (Wildman–Crippen LogP) is 1.55. The number of para-hydroxylation sites is 1. The minimum absolute atomic E-state index is 0.300. The zero-order chi connectivity index (χ0) is 14.4. The van der Waals surface area contributed by atoms with Gasteiger partial charge >= 0.3 is 0 Å². The molecule has 112 valence electrons. The van der Waals surface area contributed by atoms with E-state index in [4.69, 9.17) is 9.47 Å². The summed E-state index contributed by atoms with van der Waals surface area (Å²) in [4.78, 5) is 2.32. The lowest BCUT2D eigenvalue weighted by Gasteiger charge is -2.31. The quantitative estimate of drug-likeness (QED) is 0.856. The molecule has 2 rings (SSSR count). The fourth-order valence-electron chi connectivity index (χ4n) is 2.60. The average molecular weight is 278 g/mol. The van der Waals surface area contributed by atoms with E-state index in [1.54, 1.807) is 7.11 Å². The SMILES string of the molecule is COc1ccccc1CC(C)NCC1CN(C)CCO1. The Balaban J connectivity index is 1.78. The van der Waals surface area contributed by atoms with Gasteiger partial charge in [-0.2, -0.15) is 0 Å². The molecule has 4 nitrogen and oxygen atoms in total. The molecule has 0 amide bonds. The van der Waals surface area contributed by atoms with Gasteiger partial charge in [-0.1, -0.05) is 18.2 Å². The lowest BCUT2D eigenvalue weighted by molar-refractivity contribution is -0.0190. The van der Waals surface area contributed by atoms with Crippen LogP contribution in [-0.4, -0.2) is 57.4 Å². The summed E-state index contributed by atoms with van der Waals surface area (Å²) in [5, 5.41) is 3.57. The van der Waals surface area contributed by atoms with Crippen molar-refractivity contribution in [1.29, 1.82) is 0 Å². The molecule has 0 radical (unpaired) electrons. The van der Waals surface area contributed by atoms with E-state index >= 15 is 0 Å². The Bertz CT molecular complexity index is 411. The van der Waals surface area contributed by atoms with Crippen LogP contribution in [-0.2, 0) is 11.2 Å². The zero-order valence-corrected chi connectivity index (χ0v) is 12.8. The van der Waals surface area contributed by atoms with Crippen LogP contribution < -0.4 is 10.1 Å². The maximum atomic E-state index is 5.77. The van der Waals surface area contributed by atoms with Crippen molar-refractivity contribution in [3.05, 3.63) is 29.8 Å². The predicted molar refractivity (Wildman–Crippen MR) is 81.4 cm³/mol. The van der Waals surface area contributed by atoms with E-state index in [9.17, 15) is 0 Å². The minimum atomic E-state index is 0.300. The van der Waals surface area contributed by atoms with Gasteiger partial charge in [0.15, 0.2) is 0 Å². The lowest BCUT2D eigenvalue weighted by Crippen LogP contribution is -2.46. The topological polar surface area (TPSA) is 33.7 Å². The smallest absolute Gasteiger partial charge is 0.122 e. The summed E-state index contributed by atoms with van der Waals surface area (Å²) in [5.41, 5.74) is 1.25. The van der Waals surface area contributed by atoms with Gasteiger partial charge in [0.2, 0.25) is 0 Å². The van der Waals surface area contributed by atoms with Crippen molar-refractivity contribution in [2.45, 2.75) is 25.5 Å². The van der Waals surface area contributed by atoms with Gasteiger partial charge in [-0.3, -0.25) is 0 Å². The summed E-state index contributed by atoms with van der Waals surface area (Å²) in [6, 6.07) is 8.61. The van der Waals surface area contributed by atoms with Gasteiger partial charge in [-0.25, -0.2) is 0 Å². The van der Waals surface area contributed by atoms with Crippen LogP contribution >= 0.6 is 0 Å². The number of hydrogen-bond acceptors (Lipinski definition) is 4. The standard InChI is InChI=1S/C16H26N2O2/c1-13(10-14-6-4-5-7-16(14)19-3)17-11-15-12-18(2)8-9-20-15/h4-7,13,15,17H,8-12H2,1-3H3. The van der Waals surface area contributed by atoms with Crippen molar-refractivity contribution in [3.63, 3.8) is 0 Å². The Labute approximate surface area is 122 Å². The highest BCUT2D eigenvalue weighted by molar-refractivity contribution is 5.33. The first-order valence-electron chi connectivity index (χ1n) is 7.34. The molecule has 0 spiro atoms. The summed E-state index contributed by atoms with van der Waals surface area (Å²) >= 11 is 0. The summed E-state index contributed by atoms with van der Waals surface area (Å²) < 4.78 is 11.2. The first-order chi connectivity index (χ1) is 9.69. The third-order valence-corrected chi connectivity index (χ3v) is 3.75. The van der Waals surface area contributed by atoms with Gasteiger partial charge in [0.05, 0.1) is 19.8 Å². The van der Waals surface area contributed by atoms with Crippen molar-refractivity contribution in [1.82, 2.24) is 10.2 Å². The van der Waals surface area contributed by atoms with E-state index in [0.717, 1.165) is 38.4 Å². The van der Waals surface area contributed by atoms with E-state index in [0.29, 0.717) is 12.1 Å².